The number of amides is 1. The van der Waals surface area contributed by atoms with E-state index < -0.39 is 28.5 Å². The van der Waals surface area contributed by atoms with Crippen LogP contribution in [0.1, 0.15) is 29.8 Å². The molecule has 2 aromatic rings. The summed E-state index contributed by atoms with van der Waals surface area (Å²) in [6.45, 7) is 6.21. The van der Waals surface area contributed by atoms with Crippen LogP contribution in [0.5, 0.6) is 5.75 Å². The highest BCUT2D eigenvalue weighted by molar-refractivity contribution is 7.89. The smallest absolute Gasteiger partial charge is 0.338 e. The van der Waals surface area contributed by atoms with Crippen molar-refractivity contribution >= 4 is 27.6 Å². The Hall–Kier alpha value is -2.95. The number of anilines is 1. The molecule has 1 fully saturated rings. The molecule has 0 radical (unpaired) electrons. The summed E-state index contributed by atoms with van der Waals surface area (Å²) in [5, 5.41) is 2.58. The van der Waals surface area contributed by atoms with Gasteiger partial charge in [0.25, 0.3) is 5.91 Å². The number of hydrogen-bond acceptors (Lipinski definition) is 7. The molecule has 1 aliphatic heterocycles. The van der Waals surface area contributed by atoms with Gasteiger partial charge in [0.05, 0.1) is 29.8 Å². The Morgan fingerprint density at radius 3 is 2.39 bits per heavy atom. The number of nitrogens with zero attached hydrogens (tertiary/aromatic N) is 1. The van der Waals surface area contributed by atoms with Crippen molar-refractivity contribution in [2.45, 2.75) is 31.8 Å². The fourth-order valence-corrected chi connectivity index (χ4v) is 4.89. The van der Waals surface area contributed by atoms with Crippen molar-refractivity contribution in [1.29, 1.82) is 0 Å². The average Bonchev–Trinajstić information content (AvgIpc) is 2.79. The summed E-state index contributed by atoms with van der Waals surface area (Å²) in [7, 11) is -3.72. The highest BCUT2D eigenvalue weighted by Crippen LogP contribution is 2.24. The Morgan fingerprint density at radius 2 is 1.76 bits per heavy atom. The second-order valence-electron chi connectivity index (χ2n) is 7.81. The van der Waals surface area contributed by atoms with E-state index in [1.54, 1.807) is 43.3 Å². The normalized spacial score (nSPS) is 14.7. The van der Waals surface area contributed by atoms with Crippen molar-refractivity contribution < 1.29 is 32.2 Å². The summed E-state index contributed by atoms with van der Waals surface area (Å²) in [5.41, 5.74) is 1.15. The molecule has 3 rings (SSSR count). The number of benzene rings is 2. The number of carbonyl (C=O) groups excluding carboxylic acids is 2. The third-order valence-corrected chi connectivity index (χ3v) is 6.90. The lowest BCUT2D eigenvalue weighted by Crippen LogP contribution is -2.40. The van der Waals surface area contributed by atoms with E-state index in [4.69, 9.17) is 14.2 Å². The average molecular weight is 477 g/mol. The molecule has 9 nitrogen and oxygen atoms in total. The minimum absolute atomic E-state index is 0.0117. The number of rotatable bonds is 8. The number of nitrogens with one attached hydrogen (secondary N) is 1. The van der Waals surface area contributed by atoms with E-state index in [1.165, 1.54) is 10.4 Å². The van der Waals surface area contributed by atoms with Gasteiger partial charge >= 0.3 is 5.97 Å². The topological polar surface area (TPSA) is 111 Å². The summed E-state index contributed by atoms with van der Waals surface area (Å²) in [6, 6.07) is 11.0. The van der Waals surface area contributed by atoms with Gasteiger partial charge < -0.3 is 19.5 Å². The predicted octanol–water partition coefficient (Wildman–Crippen LogP) is 2.60. The number of hydrogen-bond donors (Lipinski definition) is 1. The van der Waals surface area contributed by atoms with Crippen molar-refractivity contribution in [3.63, 3.8) is 0 Å². The molecule has 1 amide bonds. The Bertz CT molecular complexity index is 1090. The zero-order chi connectivity index (χ0) is 24.0. The lowest BCUT2D eigenvalue weighted by atomic mass is 10.2. The molecule has 0 unspecified atom stereocenters. The molecule has 2 aromatic carbocycles. The zero-order valence-electron chi connectivity index (χ0n) is 18.9. The van der Waals surface area contributed by atoms with E-state index in [9.17, 15) is 18.0 Å². The zero-order valence-corrected chi connectivity index (χ0v) is 19.7. The van der Waals surface area contributed by atoms with E-state index in [0.29, 0.717) is 30.2 Å². The molecule has 10 heteroatoms. The lowest BCUT2D eigenvalue weighted by Gasteiger charge is -2.26. The van der Waals surface area contributed by atoms with Crippen LogP contribution in [-0.4, -0.2) is 63.6 Å². The molecular weight excluding hydrogens is 448 g/mol. The van der Waals surface area contributed by atoms with Crippen molar-refractivity contribution in [3.05, 3.63) is 53.6 Å². The second-order valence-corrected chi connectivity index (χ2v) is 9.72. The molecule has 1 N–H and O–H groups in total. The van der Waals surface area contributed by atoms with Gasteiger partial charge in [-0.3, -0.25) is 4.79 Å². The van der Waals surface area contributed by atoms with Gasteiger partial charge in [0.2, 0.25) is 10.0 Å². The number of sulfonamides is 1. The van der Waals surface area contributed by atoms with E-state index >= 15 is 0 Å². The Labute approximate surface area is 193 Å². The predicted molar refractivity (Wildman–Crippen MR) is 122 cm³/mol. The third kappa shape index (κ3) is 6.53. The summed E-state index contributed by atoms with van der Waals surface area (Å²) >= 11 is 0. The minimum atomic E-state index is -3.72. The molecule has 1 heterocycles. The monoisotopic (exact) mass is 476 g/mol. The van der Waals surface area contributed by atoms with Crippen LogP contribution in [0.15, 0.2) is 47.4 Å². The molecule has 33 heavy (non-hydrogen) atoms. The van der Waals surface area contributed by atoms with E-state index in [1.807, 2.05) is 13.8 Å². The SMILES string of the molecule is Cc1ccc(NC(=O)COC(=O)c2ccc(OC(C)C)cc2)cc1S(=O)(=O)N1CCOCC1. The van der Waals surface area contributed by atoms with Crippen molar-refractivity contribution in [2.75, 3.05) is 38.2 Å². The highest BCUT2D eigenvalue weighted by Gasteiger charge is 2.28. The van der Waals surface area contributed by atoms with Crippen LogP contribution < -0.4 is 10.1 Å². The summed E-state index contributed by atoms with van der Waals surface area (Å²) in [4.78, 5) is 24.6. The molecule has 0 aliphatic carbocycles. The quantitative estimate of drug-likeness (QED) is 0.583. The van der Waals surface area contributed by atoms with Gasteiger partial charge in [-0.25, -0.2) is 13.2 Å². The van der Waals surface area contributed by atoms with E-state index in [-0.39, 0.29) is 29.7 Å². The van der Waals surface area contributed by atoms with E-state index in [0.717, 1.165) is 0 Å². The maximum Gasteiger partial charge on any atom is 0.338 e. The number of aryl methyl sites for hydroxylation is 1. The fraction of sp³-hybridized carbons (Fsp3) is 0.391. The molecule has 0 bridgehead atoms. The van der Waals surface area contributed by atoms with Crippen LogP contribution in [0.25, 0.3) is 0 Å². The number of ether oxygens (including phenoxy) is 3. The van der Waals surface area contributed by atoms with Crippen molar-refractivity contribution in [2.24, 2.45) is 0 Å². The summed E-state index contributed by atoms with van der Waals surface area (Å²) in [6.07, 6.45) is 0.0117. The molecule has 1 saturated heterocycles. The van der Waals surface area contributed by atoms with Gasteiger partial charge in [0.15, 0.2) is 6.61 Å². The maximum atomic E-state index is 13.0. The Balaban J connectivity index is 1.60. The maximum absolute atomic E-state index is 13.0. The van der Waals surface area contributed by atoms with Crippen LogP contribution in [0.3, 0.4) is 0 Å². The molecule has 178 valence electrons. The van der Waals surface area contributed by atoms with Crippen molar-refractivity contribution in [1.82, 2.24) is 4.31 Å². The largest absolute Gasteiger partial charge is 0.491 e. The molecule has 0 atom stereocenters. The fourth-order valence-electron chi connectivity index (χ4n) is 3.24. The molecule has 0 saturated carbocycles. The van der Waals surface area contributed by atoms with Gasteiger partial charge in [-0.15, -0.1) is 0 Å². The van der Waals surface area contributed by atoms with Crippen LogP contribution in [0, 0.1) is 6.92 Å². The van der Waals surface area contributed by atoms with Gasteiger partial charge in [-0.1, -0.05) is 6.07 Å². The molecule has 1 aliphatic rings. The number of carbonyl (C=O) groups is 2. The number of esters is 1. The second kappa shape index (κ2) is 10.8. The third-order valence-electron chi connectivity index (χ3n) is 4.86. The highest BCUT2D eigenvalue weighted by atomic mass is 32.2. The van der Waals surface area contributed by atoms with Crippen molar-refractivity contribution in [3.8, 4) is 5.75 Å². The Kier molecular flexibility index (Phi) is 8.06. The van der Waals surface area contributed by atoms with Crippen LogP contribution in [-0.2, 0) is 24.3 Å². The number of morpholine rings is 1. The first-order valence-corrected chi connectivity index (χ1v) is 12.0. The first kappa shape index (κ1) is 24.7. The van der Waals surface area contributed by atoms with Gasteiger partial charge in [-0.2, -0.15) is 4.31 Å². The minimum Gasteiger partial charge on any atom is -0.491 e. The first-order valence-electron chi connectivity index (χ1n) is 10.6. The molecule has 0 aromatic heterocycles. The standard InChI is InChI=1S/C23H28N2O7S/c1-16(2)32-20-8-5-18(6-9-20)23(27)31-15-22(26)24-19-7-4-17(3)21(14-19)33(28,29)25-10-12-30-13-11-25/h4-9,14,16H,10-13,15H2,1-3H3,(H,24,26). The summed E-state index contributed by atoms with van der Waals surface area (Å²) < 4.78 is 43.1. The first-order chi connectivity index (χ1) is 15.7. The van der Waals surface area contributed by atoms with E-state index in [2.05, 4.69) is 5.32 Å². The van der Waals surface area contributed by atoms with Crippen LogP contribution in [0.4, 0.5) is 5.69 Å². The summed E-state index contributed by atoms with van der Waals surface area (Å²) in [5.74, 6) is -0.607. The molecular formula is C23H28N2O7S. The van der Waals surface area contributed by atoms with Crippen LogP contribution >= 0.6 is 0 Å². The Morgan fingerprint density at radius 1 is 1.09 bits per heavy atom. The van der Waals surface area contributed by atoms with Crippen LogP contribution in [0.2, 0.25) is 0 Å². The lowest BCUT2D eigenvalue weighted by molar-refractivity contribution is -0.119. The van der Waals surface area contributed by atoms with Gasteiger partial charge in [0.1, 0.15) is 5.75 Å². The van der Waals surface area contributed by atoms with Gasteiger partial charge in [0, 0.05) is 18.8 Å². The molecule has 0 spiro atoms. The van der Waals surface area contributed by atoms with Gasteiger partial charge in [-0.05, 0) is 62.7 Å².